The maximum absolute atomic E-state index is 13.9. The fraction of sp³-hybridized carbons (Fsp3) is 0.625. The van der Waals surface area contributed by atoms with E-state index >= 15 is 0 Å². The summed E-state index contributed by atoms with van der Waals surface area (Å²) in [6.07, 6.45) is 11.2. The molecule has 10 heteroatoms. The maximum atomic E-state index is 13.9. The van der Waals surface area contributed by atoms with Gasteiger partial charge in [-0.2, -0.15) is 0 Å². The van der Waals surface area contributed by atoms with Crippen LogP contribution >= 0.6 is 11.3 Å². The Balaban J connectivity index is 1.10. The quantitative estimate of drug-likeness (QED) is 0.261. The van der Waals surface area contributed by atoms with Gasteiger partial charge in [0.1, 0.15) is 28.7 Å². The molecule has 224 valence electrons. The Hall–Kier alpha value is -3.14. The summed E-state index contributed by atoms with van der Waals surface area (Å²) in [5.74, 6) is 1.66. The molecule has 9 nitrogen and oxygen atoms in total. The lowest BCUT2D eigenvalue weighted by molar-refractivity contribution is 0.0199. The first kappa shape index (κ1) is 27.7. The van der Waals surface area contributed by atoms with Crippen LogP contribution in [0.4, 0.5) is 5.13 Å². The Morgan fingerprint density at radius 2 is 1.83 bits per heavy atom. The van der Waals surface area contributed by atoms with Crippen LogP contribution in [-0.4, -0.2) is 55.0 Å². The van der Waals surface area contributed by atoms with Crippen molar-refractivity contribution in [3.8, 4) is 5.75 Å². The standard InChI is InChI=1S/C32H39N3O6S/c1-4-20-15-21(10-14-35(20)31-33-23-17-24(38-2)22(29(36)39-3)16-25(23)42-31)40-30(37)26-27(19-5-6-19)41-34-28(26)32-11-7-18(8-12-32)9-13-32/h16-21H,4-15H2,1-3H3/t18?,20-,21-,32?/m1/s1. The highest BCUT2D eigenvalue weighted by atomic mass is 32.1. The fourth-order valence-corrected chi connectivity index (χ4v) is 8.65. The molecule has 0 radical (unpaired) electrons. The number of hydrogen-bond donors (Lipinski definition) is 0. The van der Waals surface area contributed by atoms with Crippen molar-refractivity contribution in [2.45, 2.75) is 101 Å². The summed E-state index contributed by atoms with van der Waals surface area (Å²) < 4.78 is 23.5. The van der Waals surface area contributed by atoms with Crippen molar-refractivity contribution in [1.29, 1.82) is 0 Å². The summed E-state index contributed by atoms with van der Waals surface area (Å²) in [7, 11) is 2.90. The Labute approximate surface area is 249 Å². The van der Waals surface area contributed by atoms with Gasteiger partial charge in [0.15, 0.2) is 10.9 Å². The van der Waals surface area contributed by atoms with Crippen molar-refractivity contribution in [2.24, 2.45) is 5.92 Å². The second-order valence-corrected chi connectivity index (χ2v) is 13.6. The molecule has 0 N–H and O–H groups in total. The summed E-state index contributed by atoms with van der Waals surface area (Å²) >= 11 is 1.56. The maximum Gasteiger partial charge on any atom is 0.344 e. The van der Waals surface area contributed by atoms with Crippen molar-refractivity contribution in [1.82, 2.24) is 10.1 Å². The van der Waals surface area contributed by atoms with Crippen LogP contribution in [0.25, 0.3) is 10.2 Å². The van der Waals surface area contributed by atoms with Crippen LogP contribution in [-0.2, 0) is 14.9 Å². The topological polar surface area (TPSA) is 104 Å². The molecule has 0 spiro atoms. The second-order valence-electron chi connectivity index (χ2n) is 12.6. The first-order chi connectivity index (χ1) is 20.4. The number of piperidine rings is 1. The lowest BCUT2D eigenvalue weighted by Gasteiger charge is -2.45. The van der Waals surface area contributed by atoms with E-state index in [1.807, 2.05) is 0 Å². The Kier molecular flexibility index (Phi) is 7.15. The molecule has 5 fully saturated rings. The van der Waals surface area contributed by atoms with Gasteiger partial charge in [-0.25, -0.2) is 14.6 Å². The van der Waals surface area contributed by atoms with Crippen molar-refractivity contribution >= 4 is 38.6 Å². The van der Waals surface area contributed by atoms with Crippen LogP contribution in [0.15, 0.2) is 16.7 Å². The van der Waals surface area contributed by atoms with E-state index in [2.05, 4.69) is 17.0 Å². The van der Waals surface area contributed by atoms with Crippen molar-refractivity contribution in [2.75, 3.05) is 25.7 Å². The van der Waals surface area contributed by atoms with Crippen LogP contribution in [0, 0.1) is 5.92 Å². The number of carbonyl (C=O) groups is 2. The molecule has 1 aromatic carbocycles. The van der Waals surface area contributed by atoms with Gasteiger partial charge in [0.25, 0.3) is 0 Å². The summed E-state index contributed by atoms with van der Waals surface area (Å²) in [4.78, 5) is 33.4. The van der Waals surface area contributed by atoms with Gasteiger partial charge in [-0.1, -0.05) is 23.4 Å². The molecule has 2 atom stereocenters. The van der Waals surface area contributed by atoms with E-state index in [4.69, 9.17) is 23.7 Å². The fourth-order valence-electron chi connectivity index (χ4n) is 7.56. The highest BCUT2D eigenvalue weighted by molar-refractivity contribution is 7.22. The lowest BCUT2D eigenvalue weighted by atomic mass is 9.59. The summed E-state index contributed by atoms with van der Waals surface area (Å²) in [6, 6.07) is 3.77. The minimum atomic E-state index is -0.436. The number of nitrogens with zero attached hydrogens (tertiary/aromatic N) is 3. The number of thiazole rings is 1. The lowest BCUT2D eigenvalue weighted by Crippen LogP contribution is -2.45. The van der Waals surface area contributed by atoms with E-state index in [0.717, 1.165) is 90.6 Å². The number of ether oxygens (including phenoxy) is 3. The molecule has 3 heterocycles. The number of rotatable bonds is 8. The first-order valence-electron chi connectivity index (χ1n) is 15.5. The van der Waals surface area contributed by atoms with E-state index in [1.165, 1.54) is 33.5 Å². The zero-order valence-electron chi connectivity index (χ0n) is 24.6. The largest absolute Gasteiger partial charge is 0.496 e. The minimum Gasteiger partial charge on any atom is -0.496 e. The molecule has 0 unspecified atom stereocenters. The van der Waals surface area contributed by atoms with Crippen molar-refractivity contribution in [3.05, 3.63) is 34.7 Å². The van der Waals surface area contributed by atoms with Gasteiger partial charge in [0.05, 0.1) is 24.4 Å². The predicted molar refractivity (Wildman–Crippen MR) is 159 cm³/mol. The normalized spacial score (nSPS) is 27.3. The van der Waals surface area contributed by atoms with Gasteiger partial charge >= 0.3 is 11.9 Å². The van der Waals surface area contributed by atoms with E-state index in [0.29, 0.717) is 22.8 Å². The molecule has 4 aliphatic carbocycles. The number of fused-ring (bicyclic) bond motifs is 4. The SMILES string of the molecule is CC[C@@H]1C[C@H](OC(=O)c2c(C34CCC(CC3)CC4)noc2C2CC2)CCN1c1nc2cc(OC)c(C(=O)OC)cc2s1. The van der Waals surface area contributed by atoms with Gasteiger partial charge in [-0.15, -0.1) is 0 Å². The van der Waals surface area contributed by atoms with Crippen molar-refractivity contribution < 1.29 is 28.3 Å². The third-order valence-corrected chi connectivity index (χ3v) is 11.3. The summed E-state index contributed by atoms with van der Waals surface area (Å²) in [5, 5.41) is 5.49. The average molecular weight is 594 g/mol. The van der Waals surface area contributed by atoms with E-state index < -0.39 is 5.97 Å². The molecule has 42 heavy (non-hydrogen) atoms. The number of benzene rings is 1. The molecule has 4 saturated carbocycles. The number of methoxy groups -OCH3 is 2. The van der Waals surface area contributed by atoms with E-state index in [-0.39, 0.29) is 23.5 Å². The average Bonchev–Trinajstić information content (AvgIpc) is 3.63. The molecule has 1 saturated heterocycles. The molecule has 0 amide bonds. The molecule has 2 aromatic heterocycles. The number of hydrogen-bond acceptors (Lipinski definition) is 10. The van der Waals surface area contributed by atoms with Gasteiger partial charge < -0.3 is 23.6 Å². The summed E-state index contributed by atoms with van der Waals surface area (Å²) in [5.41, 5.74) is 2.67. The molecular weight excluding hydrogens is 554 g/mol. The van der Waals surface area contributed by atoms with Gasteiger partial charge in [0, 0.05) is 42.8 Å². The smallest absolute Gasteiger partial charge is 0.344 e. The Bertz CT molecular complexity index is 1490. The minimum absolute atomic E-state index is 0.0294. The Morgan fingerprint density at radius 3 is 2.50 bits per heavy atom. The highest BCUT2D eigenvalue weighted by Crippen LogP contribution is 2.54. The highest BCUT2D eigenvalue weighted by Gasteiger charge is 2.48. The van der Waals surface area contributed by atoms with Crippen LogP contribution in [0.5, 0.6) is 5.75 Å². The molecule has 1 aliphatic heterocycles. The van der Waals surface area contributed by atoms with Crippen LogP contribution in [0.3, 0.4) is 0 Å². The number of carbonyl (C=O) groups excluding carboxylic acids is 2. The van der Waals surface area contributed by atoms with Gasteiger partial charge in [-0.05, 0) is 69.8 Å². The van der Waals surface area contributed by atoms with Crippen LogP contribution in [0.2, 0.25) is 0 Å². The van der Waals surface area contributed by atoms with E-state index in [9.17, 15) is 9.59 Å². The third kappa shape index (κ3) is 4.75. The van der Waals surface area contributed by atoms with Crippen LogP contribution < -0.4 is 9.64 Å². The van der Waals surface area contributed by atoms with Crippen molar-refractivity contribution in [3.63, 3.8) is 0 Å². The first-order valence-corrected chi connectivity index (χ1v) is 16.3. The molecule has 2 bridgehead atoms. The monoisotopic (exact) mass is 593 g/mol. The molecule has 8 rings (SSSR count). The van der Waals surface area contributed by atoms with E-state index in [1.54, 1.807) is 23.5 Å². The number of anilines is 1. The zero-order valence-corrected chi connectivity index (χ0v) is 25.5. The Morgan fingerprint density at radius 1 is 1.07 bits per heavy atom. The van der Waals surface area contributed by atoms with Crippen LogP contribution in [0.1, 0.15) is 116 Å². The summed E-state index contributed by atoms with van der Waals surface area (Å²) in [6.45, 7) is 2.89. The molecule has 5 aliphatic rings. The predicted octanol–water partition coefficient (Wildman–Crippen LogP) is 6.78. The number of esters is 2. The second kappa shape index (κ2) is 10.8. The zero-order chi connectivity index (χ0) is 29.0. The molecule has 3 aromatic rings. The molecular formula is C32H39N3O6S. The third-order valence-electron chi connectivity index (χ3n) is 10.2. The van der Waals surface area contributed by atoms with Gasteiger partial charge in [0.2, 0.25) is 0 Å². The van der Waals surface area contributed by atoms with Gasteiger partial charge in [-0.3, -0.25) is 0 Å². The number of aromatic nitrogens is 2.